The van der Waals surface area contributed by atoms with Crippen LogP contribution in [0.15, 0.2) is 24.3 Å². The minimum absolute atomic E-state index is 0.00890. The number of carboxylic acid groups (broad SMARTS) is 1. The molecule has 5 rings (SSSR count). The monoisotopic (exact) mass is 672 g/mol. The minimum atomic E-state index is -1.50. The molecule has 3 heterocycles. The molecular formula is C32H42F2N8O6. The quantitative estimate of drug-likeness (QED) is 0.401. The van der Waals surface area contributed by atoms with E-state index in [1.165, 1.54) is 28.7 Å². The number of tetrazole rings is 1. The van der Waals surface area contributed by atoms with Crippen molar-refractivity contribution in [3.05, 3.63) is 35.9 Å². The van der Waals surface area contributed by atoms with Crippen LogP contribution in [-0.4, -0.2) is 98.0 Å². The molecular weight excluding hydrogens is 630 g/mol. The summed E-state index contributed by atoms with van der Waals surface area (Å²) < 4.78 is 34.9. The van der Waals surface area contributed by atoms with E-state index in [9.17, 15) is 33.1 Å². The second kappa shape index (κ2) is 13.5. The molecule has 1 saturated carbocycles. The Morgan fingerprint density at radius 2 is 1.85 bits per heavy atom. The molecule has 260 valence electrons. The van der Waals surface area contributed by atoms with Gasteiger partial charge < -0.3 is 30.3 Å². The second-order valence-corrected chi connectivity index (χ2v) is 13.9. The first-order valence-electron chi connectivity index (χ1n) is 16.1. The molecule has 2 fully saturated rings. The molecule has 0 unspecified atom stereocenters. The second-order valence-electron chi connectivity index (χ2n) is 13.9. The Labute approximate surface area is 276 Å². The summed E-state index contributed by atoms with van der Waals surface area (Å²) in [6, 6.07) is -0.696. The highest BCUT2D eigenvalue weighted by molar-refractivity contribution is 5.96. The normalized spacial score (nSPS) is 26.4. The third kappa shape index (κ3) is 7.41. The van der Waals surface area contributed by atoms with Gasteiger partial charge in [-0.3, -0.25) is 9.59 Å². The van der Waals surface area contributed by atoms with E-state index in [0.717, 1.165) is 25.0 Å². The SMILES string of the molecule is CN(C)c1c(F)cc(-c2nnn([C@@H]3C[C@H]4C(=O)N[C@]5(C(=O)O)C[C@H]5C=CCCCCC[C@H](NC(=O)OC(C)(C)C)C(=O)N4C3)n2)cc1F. The number of carbonyl (C=O) groups is 4. The van der Waals surface area contributed by atoms with Crippen molar-refractivity contribution in [1.82, 2.24) is 35.7 Å². The van der Waals surface area contributed by atoms with Gasteiger partial charge in [0.1, 0.15) is 40.5 Å². The van der Waals surface area contributed by atoms with Gasteiger partial charge in [-0.05, 0) is 63.8 Å². The maximum absolute atomic E-state index is 14.7. The predicted molar refractivity (Wildman–Crippen MR) is 169 cm³/mol. The smallest absolute Gasteiger partial charge is 0.408 e. The number of alkyl carbamates (subject to hydrolysis) is 1. The van der Waals surface area contributed by atoms with Crippen LogP contribution >= 0.6 is 0 Å². The number of benzene rings is 1. The van der Waals surface area contributed by atoms with E-state index in [2.05, 4.69) is 26.0 Å². The number of hydrogen-bond donors (Lipinski definition) is 3. The molecule has 1 aliphatic carbocycles. The summed E-state index contributed by atoms with van der Waals surface area (Å²) in [6.07, 6.45) is 6.30. The lowest BCUT2D eigenvalue weighted by Gasteiger charge is -2.30. The molecule has 48 heavy (non-hydrogen) atoms. The van der Waals surface area contributed by atoms with Gasteiger partial charge in [0, 0.05) is 38.5 Å². The molecule has 0 bridgehead atoms. The van der Waals surface area contributed by atoms with E-state index in [0.29, 0.717) is 12.8 Å². The highest BCUT2D eigenvalue weighted by atomic mass is 19.1. The molecule has 14 nitrogen and oxygen atoms in total. The fraction of sp³-hybridized carbons (Fsp3) is 0.594. The summed E-state index contributed by atoms with van der Waals surface area (Å²) in [7, 11) is 3.02. The first kappa shape index (κ1) is 34.7. The molecule has 3 N–H and O–H groups in total. The third-order valence-electron chi connectivity index (χ3n) is 8.81. The van der Waals surface area contributed by atoms with E-state index >= 15 is 0 Å². The van der Waals surface area contributed by atoms with Crippen LogP contribution in [0, 0.1) is 17.6 Å². The fourth-order valence-corrected chi connectivity index (χ4v) is 6.31. The van der Waals surface area contributed by atoms with Gasteiger partial charge in [0.15, 0.2) is 0 Å². The summed E-state index contributed by atoms with van der Waals surface area (Å²) in [4.78, 5) is 57.0. The molecule has 5 atom stereocenters. The number of ether oxygens (including phenoxy) is 1. The van der Waals surface area contributed by atoms with Crippen LogP contribution < -0.4 is 15.5 Å². The maximum Gasteiger partial charge on any atom is 0.408 e. The number of nitrogens with one attached hydrogen (secondary N) is 2. The number of nitrogens with zero attached hydrogens (tertiary/aromatic N) is 6. The van der Waals surface area contributed by atoms with E-state index in [-0.39, 0.29) is 42.9 Å². The molecule has 3 amide bonds. The number of amides is 3. The topological polar surface area (TPSA) is 172 Å². The van der Waals surface area contributed by atoms with Crippen LogP contribution in [0.5, 0.6) is 0 Å². The van der Waals surface area contributed by atoms with Gasteiger partial charge in [-0.2, -0.15) is 4.80 Å². The number of anilines is 1. The molecule has 2 aromatic rings. The van der Waals surface area contributed by atoms with Crippen LogP contribution in [0.3, 0.4) is 0 Å². The Kier molecular flexibility index (Phi) is 9.74. The summed E-state index contributed by atoms with van der Waals surface area (Å²) in [5, 5.41) is 27.8. The van der Waals surface area contributed by atoms with Crippen LogP contribution in [0.1, 0.15) is 71.8 Å². The van der Waals surface area contributed by atoms with Gasteiger partial charge >= 0.3 is 12.1 Å². The highest BCUT2D eigenvalue weighted by Crippen LogP contribution is 2.45. The number of allylic oxidation sites excluding steroid dienone is 1. The number of halogens is 2. The number of aliphatic carboxylic acids is 1. The summed E-state index contributed by atoms with van der Waals surface area (Å²) >= 11 is 0. The molecule has 1 saturated heterocycles. The number of carboxylic acids is 1. The Balaban J connectivity index is 1.45. The third-order valence-corrected chi connectivity index (χ3v) is 8.81. The van der Waals surface area contributed by atoms with Crippen LogP contribution in [-0.2, 0) is 19.1 Å². The van der Waals surface area contributed by atoms with Crippen LogP contribution in [0.4, 0.5) is 19.3 Å². The standard InChI is InChI=1S/C32H42F2N8O6/c1-31(2,3)48-30(47)35-23-12-10-8-6-7-9-11-19-16-32(19,29(45)46)36-27(43)24-15-20(17-41(24)28(23)44)42-38-26(37-39-42)18-13-21(33)25(40(4)5)22(34)14-18/h9,11,13-14,19-20,23-24H,6-8,10,12,15-17H2,1-5H3,(H,35,47)(H,36,43)(H,45,46)/t19-,20-,23+,24+,32-/m1/s1. The number of rotatable bonds is 5. The minimum Gasteiger partial charge on any atom is -0.479 e. The largest absolute Gasteiger partial charge is 0.479 e. The van der Waals surface area contributed by atoms with Crippen molar-refractivity contribution in [1.29, 1.82) is 0 Å². The average Bonchev–Trinajstić information content (AvgIpc) is 3.30. The number of hydrogen-bond acceptors (Lipinski definition) is 9. The van der Waals surface area contributed by atoms with Gasteiger partial charge in [-0.1, -0.05) is 25.0 Å². The first-order chi connectivity index (χ1) is 22.6. The molecule has 2 aliphatic heterocycles. The number of aromatic nitrogens is 4. The van der Waals surface area contributed by atoms with Crippen molar-refractivity contribution >= 4 is 29.6 Å². The lowest BCUT2D eigenvalue weighted by atomic mass is 10.0. The van der Waals surface area contributed by atoms with Crippen molar-refractivity contribution < 1.29 is 37.8 Å². The zero-order valence-corrected chi connectivity index (χ0v) is 27.7. The predicted octanol–water partition coefficient (Wildman–Crippen LogP) is 3.20. The average molecular weight is 673 g/mol. The van der Waals surface area contributed by atoms with E-state index < -0.39 is 70.7 Å². The van der Waals surface area contributed by atoms with Crippen molar-refractivity contribution in [2.24, 2.45) is 5.92 Å². The molecule has 1 aromatic heterocycles. The number of carbonyl (C=O) groups excluding carboxylic acids is 3. The van der Waals surface area contributed by atoms with Gasteiger partial charge in [0.25, 0.3) is 0 Å². The Hall–Kier alpha value is -4.63. The first-order valence-corrected chi connectivity index (χ1v) is 16.1. The van der Waals surface area contributed by atoms with Crippen LogP contribution in [0.25, 0.3) is 11.4 Å². The van der Waals surface area contributed by atoms with Crippen molar-refractivity contribution in [3.8, 4) is 11.4 Å². The van der Waals surface area contributed by atoms with Crippen molar-refractivity contribution in [2.45, 2.75) is 95.0 Å². The zero-order valence-electron chi connectivity index (χ0n) is 27.7. The summed E-state index contributed by atoms with van der Waals surface area (Å²) in [5.74, 6) is -4.48. The zero-order chi connectivity index (χ0) is 35.0. The number of fused-ring (bicyclic) bond motifs is 2. The van der Waals surface area contributed by atoms with E-state index in [4.69, 9.17) is 4.74 Å². The van der Waals surface area contributed by atoms with Gasteiger partial charge in [0.05, 0.1) is 6.04 Å². The maximum atomic E-state index is 14.7. The lowest BCUT2D eigenvalue weighted by molar-refractivity contribution is -0.145. The molecule has 3 aliphatic rings. The lowest BCUT2D eigenvalue weighted by Crippen LogP contribution is -2.56. The molecule has 0 spiro atoms. The van der Waals surface area contributed by atoms with Gasteiger partial charge in [-0.25, -0.2) is 18.4 Å². The Morgan fingerprint density at radius 3 is 2.50 bits per heavy atom. The van der Waals surface area contributed by atoms with Crippen molar-refractivity contribution in [3.63, 3.8) is 0 Å². The Bertz CT molecular complexity index is 1580. The molecule has 16 heteroatoms. The van der Waals surface area contributed by atoms with Crippen molar-refractivity contribution in [2.75, 3.05) is 25.5 Å². The van der Waals surface area contributed by atoms with Gasteiger partial charge in [-0.15, -0.1) is 10.2 Å². The molecule has 1 aromatic carbocycles. The van der Waals surface area contributed by atoms with Crippen LogP contribution in [0.2, 0.25) is 0 Å². The highest BCUT2D eigenvalue weighted by Gasteiger charge is 2.61. The molecule has 0 radical (unpaired) electrons. The van der Waals surface area contributed by atoms with E-state index in [1.54, 1.807) is 20.8 Å². The van der Waals surface area contributed by atoms with E-state index in [1.807, 2.05) is 12.2 Å². The Morgan fingerprint density at radius 1 is 1.15 bits per heavy atom. The van der Waals surface area contributed by atoms with Gasteiger partial charge in [0.2, 0.25) is 17.6 Å². The fourth-order valence-electron chi connectivity index (χ4n) is 6.31. The summed E-state index contributed by atoms with van der Waals surface area (Å²) in [6.45, 7) is 5.02. The summed E-state index contributed by atoms with van der Waals surface area (Å²) in [5.41, 5.74) is -2.50.